The van der Waals surface area contributed by atoms with E-state index in [-0.39, 0.29) is 55.3 Å². The predicted molar refractivity (Wildman–Crippen MR) is 229 cm³/mol. The van der Waals surface area contributed by atoms with E-state index in [4.69, 9.17) is 23.7 Å². The Labute approximate surface area is 363 Å². The van der Waals surface area contributed by atoms with Gasteiger partial charge in [0.2, 0.25) is 5.79 Å². The van der Waals surface area contributed by atoms with Crippen LogP contribution in [0.25, 0.3) is 0 Å². The minimum atomic E-state index is -2.51. The summed E-state index contributed by atoms with van der Waals surface area (Å²) >= 11 is 0. The number of amides is 1. The number of hydrogen-bond acceptors (Lipinski definition) is 13. The van der Waals surface area contributed by atoms with Gasteiger partial charge in [0.15, 0.2) is 0 Å². The van der Waals surface area contributed by atoms with Gasteiger partial charge < -0.3 is 48.7 Å². The van der Waals surface area contributed by atoms with Crippen molar-refractivity contribution in [2.24, 2.45) is 29.6 Å². The van der Waals surface area contributed by atoms with Gasteiger partial charge in [0.25, 0.3) is 11.7 Å². The molecule has 0 aromatic rings. The van der Waals surface area contributed by atoms with Crippen LogP contribution in [-0.4, -0.2) is 132 Å². The molecular weight excluding hydrogens is 787 g/mol. The molecule has 14 nitrogen and oxygen atoms in total. The van der Waals surface area contributed by atoms with Crippen LogP contribution in [0.3, 0.4) is 0 Å². The SMILES string of the molecule is C=CC[C@@H]1/C=C(\C)C[C@H](C)C[C@H](OC)[C@H]2O[C@@](O)(C(=O)C(=O)N3CCCC[C@H]3C(=O)O[C@H](/C(C)=C/[C@@H]3CC[C@@H](O)[C@H](OC)C3)[C@H](C)[C@@H](O)CC1=O)[C@H](C)C[C@@H]2OC.CC(C)=O. The molecule has 0 aromatic carbocycles. The molecule has 3 fully saturated rings. The molecule has 0 radical (unpaired) electrons. The van der Waals surface area contributed by atoms with Crippen molar-refractivity contribution in [1.82, 2.24) is 4.90 Å². The van der Waals surface area contributed by atoms with Crippen LogP contribution in [-0.2, 0) is 47.7 Å². The standard InChI is InChI=1S/C44H69NO12.C3H6O/c1-10-13-31-19-25(2)18-26(3)20-37(54-8)40-38(55-9)22-28(5)44(52,57-40)41(49)42(50)45-17-12-11-14-32(45)43(51)56-39(29(6)34(47)24-35(31)48)27(4)21-30-15-16-33(46)36(23-30)53-7;1-3(2)4/h10,19,21,26,28-34,36-40,46-47,52H,1,11-18,20,22-24H2,2-9H3;1-2H3/b25-19+,27-21+;/t26-,28+,29+,30-,31+,32-,33+,34-,36+,37-,38-,39+,40+,44+;/m0./s1. The first-order valence-electron chi connectivity index (χ1n) is 22.1. The summed E-state index contributed by atoms with van der Waals surface area (Å²) in [5.74, 6) is -7.59. The second kappa shape index (κ2) is 24.1. The molecule has 0 aromatic heterocycles. The maximum atomic E-state index is 14.3. The zero-order chi connectivity index (χ0) is 45.8. The summed E-state index contributed by atoms with van der Waals surface area (Å²) in [6, 6.07) is -1.14. The smallest absolute Gasteiger partial charge is 0.329 e. The Bertz CT molecular complexity index is 1570. The van der Waals surface area contributed by atoms with Crippen LogP contribution in [0.5, 0.6) is 0 Å². The summed E-state index contributed by atoms with van der Waals surface area (Å²) in [5, 5.41) is 34.1. The largest absolute Gasteiger partial charge is 0.456 e. The molecule has 14 heteroatoms. The third kappa shape index (κ3) is 13.9. The number of cyclic esters (lactones) is 1. The first-order chi connectivity index (χ1) is 28.7. The van der Waals surface area contributed by atoms with E-state index >= 15 is 0 Å². The topological polar surface area (TPSA) is 195 Å². The van der Waals surface area contributed by atoms with Crippen LogP contribution in [0.1, 0.15) is 119 Å². The molecule has 3 aliphatic heterocycles. The molecular formula is C47H75NO13. The molecule has 3 N–H and O–H groups in total. The monoisotopic (exact) mass is 862 g/mol. The summed E-state index contributed by atoms with van der Waals surface area (Å²) in [4.78, 5) is 67.3. The highest BCUT2D eigenvalue weighted by atomic mass is 16.7. The number of Topliss-reactive ketones (excluding diaryl/α,β-unsaturated/α-hetero) is 3. The molecule has 3 heterocycles. The third-order valence-corrected chi connectivity index (χ3v) is 12.9. The van der Waals surface area contributed by atoms with Gasteiger partial charge in [-0.25, -0.2) is 4.79 Å². The fourth-order valence-electron chi connectivity index (χ4n) is 9.42. The summed E-state index contributed by atoms with van der Waals surface area (Å²) in [6.07, 6.45) is 4.93. The quantitative estimate of drug-likeness (QED) is 0.171. The number of aliphatic hydroxyl groups excluding tert-OH is 2. The maximum absolute atomic E-state index is 14.3. The van der Waals surface area contributed by atoms with Gasteiger partial charge >= 0.3 is 5.97 Å². The molecule has 1 amide bonds. The summed E-state index contributed by atoms with van der Waals surface area (Å²) in [5.41, 5.74) is 1.61. The number of carbonyl (C=O) groups excluding carboxylic acids is 5. The fraction of sp³-hybridized carbons (Fsp3) is 0.766. The molecule has 346 valence electrons. The number of carbonyl (C=O) groups is 5. The predicted octanol–water partition coefficient (Wildman–Crippen LogP) is 5.23. The highest BCUT2D eigenvalue weighted by Gasteiger charge is 2.56. The molecule has 0 unspecified atom stereocenters. The zero-order valence-corrected chi connectivity index (χ0v) is 38.3. The van der Waals surface area contributed by atoms with Gasteiger partial charge in [0, 0.05) is 52.0 Å². The van der Waals surface area contributed by atoms with E-state index in [0.29, 0.717) is 56.9 Å². The number of aliphatic hydroxyl groups is 3. The molecule has 2 saturated heterocycles. The number of allylic oxidation sites excluding steroid dienone is 4. The van der Waals surface area contributed by atoms with E-state index < -0.39 is 83.9 Å². The van der Waals surface area contributed by atoms with Crippen molar-refractivity contribution in [1.29, 1.82) is 0 Å². The van der Waals surface area contributed by atoms with Gasteiger partial charge in [-0.1, -0.05) is 44.6 Å². The van der Waals surface area contributed by atoms with Crippen LogP contribution < -0.4 is 0 Å². The van der Waals surface area contributed by atoms with Gasteiger partial charge in [-0.15, -0.1) is 6.58 Å². The second-order valence-corrected chi connectivity index (χ2v) is 18.2. The van der Waals surface area contributed by atoms with Crippen LogP contribution in [0.2, 0.25) is 0 Å². The molecule has 1 aliphatic carbocycles. The van der Waals surface area contributed by atoms with Gasteiger partial charge in [0.05, 0.1) is 30.5 Å². The van der Waals surface area contributed by atoms with E-state index in [9.17, 15) is 39.3 Å². The van der Waals surface area contributed by atoms with Crippen LogP contribution in [0.4, 0.5) is 0 Å². The molecule has 61 heavy (non-hydrogen) atoms. The molecule has 0 spiro atoms. The number of methoxy groups -OCH3 is 3. The molecule has 1 saturated carbocycles. The summed E-state index contributed by atoms with van der Waals surface area (Å²) in [6.45, 7) is 16.2. The van der Waals surface area contributed by atoms with Crippen molar-refractivity contribution in [3.63, 3.8) is 0 Å². The molecule has 2 bridgehead atoms. The number of hydrogen-bond donors (Lipinski definition) is 3. The van der Waals surface area contributed by atoms with E-state index in [1.807, 2.05) is 32.9 Å². The average molecular weight is 862 g/mol. The lowest BCUT2D eigenvalue weighted by atomic mass is 9.81. The van der Waals surface area contributed by atoms with Crippen LogP contribution in [0.15, 0.2) is 36.0 Å². The molecule has 14 atom stereocenters. The van der Waals surface area contributed by atoms with Gasteiger partial charge in [-0.05, 0) is 109 Å². The van der Waals surface area contributed by atoms with Crippen molar-refractivity contribution in [3.05, 3.63) is 36.0 Å². The Balaban J connectivity index is 0.00000237. The molecule has 4 rings (SSSR count). The lowest BCUT2D eigenvalue weighted by molar-refractivity contribution is -0.302. The first kappa shape index (κ1) is 52.2. The minimum Gasteiger partial charge on any atom is -0.456 e. The number of ketones is 3. The lowest BCUT2D eigenvalue weighted by Gasteiger charge is -2.47. The van der Waals surface area contributed by atoms with Crippen molar-refractivity contribution in [3.8, 4) is 0 Å². The highest BCUT2D eigenvalue weighted by Crippen LogP contribution is 2.39. The average Bonchev–Trinajstić information content (AvgIpc) is 3.21. The number of esters is 1. The van der Waals surface area contributed by atoms with Crippen molar-refractivity contribution >= 4 is 29.2 Å². The van der Waals surface area contributed by atoms with Crippen molar-refractivity contribution in [2.75, 3.05) is 27.9 Å². The first-order valence-corrected chi connectivity index (χ1v) is 22.1. The Morgan fingerprint density at radius 2 is 1.52 bits per heavy atom. The summed E-state index contributed by atoms with van der Waals surface area (Å²) < 4.78 is 29.7. The Morgan fingerprint density at radius 1 is 0.902 bits per heavy atom. The fourth-order valence-corrected chi connectivity index (χ4v) is 9.42. The third-order valence-electron chi connectivity index (χ3n) is 12.9. The zero-order valence-electron chi connectivity index (χ0n) is 38.3. The van der Waals surface area contributed by atoms with Gasteiger partial charge in [-0.2, -0.15) is 0 Å². The van der Waals surface area contributed by atoms with Crippen molar-refractivity contribution < 1.29 is 63.0 Å². The summed E-state index contributed by atoms with van der Waals surface area (Å²) in [7, 11) is 4.61. The number of piperidine rings is 1. The number of rotatable bonds is 7. The van der Waals surface area contributed by atoms with E-state index in [0.717, 1.165) is 5.57 Å². The Hall–Kier alpha value is -3.11. The van der Waals surface area contributed by atoms with E-state index in [1.165, 1.54) is 33.0 Å². The Kier molecular flexibility index (Phi) is 20.6. The van der Waals surface area contributed by atoms with Gasteiger partial charge in [-0.3, -0.25) is 14.4 Å². The lowest BCUT2D eigenvalue weighted by Crippen LogP contribution is -2.64. The second-order valence-electron chi connectivity index (χ2n) is 18.2. The molecule has 4 aliphatic rings. The highest BCUT2D eigenvalue weighted by molar-refractivity contribution is 6.39. The van der Waals surface area contributed by atoms with E-state index in [2.05, 4.69) is 6.58 Å². The minimum absolute atomic E-state index is 0.00988. The van der Waals surface area contributed by atoms with Crippen LogP contribution in [0, 0.1) is 29.6 Å². The number of ether oxygens (including phenoxy) is 5. The number of fused-ring (bicyclic) bond motifs is 3. The van der Waals surface area contributed by atoms with Crippen molar-refractivity contribution in [2.45, 2.75) is 174 Å². The van der Waals surface area contributed by atoms with E-state index in [1.54, 1.807) is 27.0 Å². The van der Waals surface area contributed by atoms with Gasteiger partial charge in [0.1, 0.15) is 29.8 Å². The number of nitrogens with zero attached hydrogens (tertiary/aromatic N) is 1. The maximum Gasteiger partial charge on any atom is 0.329 e. The Morgan fingerprint density at radius 3 is 2.13 bits per heavy atom. The van der Waals surface area contributed by atoms with Crippen LogP contribution >= 0.6 is 0 Å². The normalized spacial score (nSPS) is 38.7.